The Kier molecular flexibility index (Phi) is 6.45. The monoisotopic (exact) mass is 341 g/mol. The molecule has 2 aromatic rings. The number of benzene rings is 2. The van der Waals surface area contributed by atoms with Crippen molar-refractivity contribution in [3.05, 3.63) is 60.2 Å². The minimum atomic E-state index is -0.296. The van der Waals surface area contributed by atoms with Crippen LogP contribution in [0.2, 0.25) is 0 Å². The fourth-order valence-corrected chi connectivity index (χ4v) is 2.53. The van der Waals surface area contributed by atoms with E-state index in [-0.39, 0.29) is 18.1 Å². The van der Waals surface area contributed by atoms with E-state index in [1.165, 1.54) is 0 Å². The Morgan fingerprint density at radius 3 is 2.04 bits per heavy atom. The molecule has 0 radical (unpaired) electrons. The molecule has 4 nitrogen and oxygen atoms in total. The molecule has 0 bridgehead atoms. The van der Waals surface area contributed by atoms with Crippen molar-refractivity contribution in [2.75, 3.05) is 13.2 Å². The van der Waals surface area contributed by atoms with E-state index in [9.17, 15) is 4.79 Å². The third-order valence-corrected chi connectivity index (χ3v) is 3.79. The first-order chi connectivity index (χ1) is 11.9. The van der Waals surface area contributed by atoms with E-state index >= 15 is 0 Å². The van der Waals surface area contributed by atoms with Gasteiger partial charge in [-0.1, -0.05) is 42.5 Å². The van der Waals surface area contributed by atoms with Gasteiger partial charge in [0.2, 0.25) is 0 Å². The van der Waals surface area contributed by atoms with Crippen LogP contribution in [0.25, 0.3) is 0 Å². The molecule has 1 amide bonds. The first-order valence-electron chi connectivity index (χ1n) is 8.61. The highest BCUT2D eigenvalue weighted by molar-refractivity contribution is 5.78. The summed E-state index contributed by atoms with van der Waals surface area (Å²) < 4.78 is 11.3. The second-order valence-electron chi connectivity index (χ2n) is 6.80. The summed E-state index contributed by atoms with van der Waals surface area (Å²) in [6.45, 7) is 9.10. The first kappa shape index (κ1) is 18.8. The molecule has 2 rings (SSSR count). The number of hydrogen-bond acceptors (Lipinski definition) is 3. The van der Waals surface area contributed by atoms with Gasteiger partial charge in [-0.2, -0.15) is 0 Å². The van der Waals surface area contributed by atoms with Crippen LogP contribution in [-0.4, -0.2) is 29.6 Å². The average molecular weight is 341 g/mol. The molecule has 0 aromatic heterocycles. The van der Waals surface area contributed by atoms with E-state index in [1.54, 1.807) is 0 Å². The van der Waals surface area contributed by atoms with E-state index in [2.05, 4.69) is 0 Å². The first-order valence-corrected chi connectivity index (χ1v) is 8.61. The van der Waals surface area contributed by atoms with Gasteiger partial charge >= 0.3 is 0 Å². The fourth-order valence-electron chi connectivity index (χ4n) is 2.53. The maximum Gasteiger partial charge on any atom is 0.261 e. The lowest BCUT2D eigenvalue weighted by Crippen LogP contribution is -2.47. The SMILES string of the molecule is CCOc1ccccc1OCC(=O)N(Cc1ccccc1)C(C)(C)C. The van der Waals surface area contributed by atoms with Gasteiger partial charge in [-0.05, 0) is 45.4 Å². The van der Waals surface area contributed by atoms with Crippen LogP contribution < -0.4 is 9.47 Å². The topological polar surface area (TPSA) is 38.8 Å². The molecule has 0 heterocycles. The zero-order valence-electron chi connectivity index (χ0n) is 15.5. The molecule has 0 unspecified atom stereocenters. The molecule has 2 aromatic carbocycles. The summed E-state index contributed by atoms with van der Waals surface area (Å²) in [4.78, 5) is 14.6. The Balaban J connectivity index is 2.08. The summed E-state index contributed by atoms with van der Waals surface area (Å²) in [5.41, 5.74) is 0.802. The van der Waals surface area contributed by atoms with E-state index in [0.717, 1.165) is 5.56 Å². The molecule has 0 saturated carbocycles. The molecule has 0 aliphatic carbocycles. The van der Waals surface area contributed by atoms with Gasteiger partial charge in [-0.25, -0.2) is 0 Å². The molecule has 0 atom stereocenters. The molecular formula is C21H27NO3. The van der Waals surface area contributed by atoms with Crippen molar-refractivity contribution < 1.29 is 14.3 Å². The summed E-state index contributed by atoms with van der Waals surface area (Å²) >= 11 is 0. The van der Waals surface area contributed by atoms with Crippen LogP contribution in [0.4, 0.5) is 0 Å². The van der Waals surface area contributed by atoms with E-state index in [0.29, 0.717) is 24.7 Å². The molecule has 0 N–H and O–H groups in total. The van der Waals surface area contributed by atoms with Gasteiger partial charge in [0.05, 0.1) is 6.61 Å². The quantitative estimate of drug-likeness (QED) is 0.754. The van der Waals surface area contributed by atoms with Crippen LogP contribution in [0.15, 0.2) is 54.6 Å². The van der Waals surface area contributed by atoms with Gasteiger partial charge in [-0.15, -0.1) is 0 Å². The number of hydrogen-bond donors (Lipinski definition) is 0. The summed E-state index contributed by atoms with van der Waals surface area (Å²) in [5.74, 6) is 1.19. The summed E-state index contributed by atoms with van der Waals surface area (Å²) in [7, 11) is 0. The minimum absolute atomic E-state index is 0.0197. The van der Waals surface area contributed by atoms with E-state index in [4.69, 9.17) is 9.47 Å². The van der Waals surface area contributed by atoms with E-state index < -0.39 is 0 Å². The number of ether oxygens (including phenoxy) is 2. The average Bonchev–Trinajstić information content (AvgIpc) is 2.59. The van der Waals surface area contributed by atoms with Crippen LogP contribution in [0, 0.1) is 0 Å². The third-order valence-electron chi connectivity index (χ3n) is 3.79. The van der Waals surface area contributed by atoms with Gasteiger partial charge in [0.25, 0.3) is 5.91 Å². The Bertz CT molecular complexity index is 677. The van der Waals surface area contributed by atoms with Crippen molar-refractivity contribution >= 4 is 5.91 Å². The Morgan fingerprint density at radius 2 is 1.48 bits per heavy atom. The van der Waals surface area contributed by atoms with Gasteiger partial charge in [0.15, 0.2) is 18.1 Å². The Morgan fingerprint density at radius 1 is 0.920 bits per heavy atom. The highest BCUT2D eigenvalue weighted by Gasteiger charge is 2.27. The maximum atomic E-state index is 12.8. The van der Waals surface area contributed by atoms with Crippen molar-refractivity contribution in [2.24, 2.45) is 0 Å². The standard InChI is InChI=1S/C21H27NO3/c1-5-24-18-13-9-10-14-19(18)25-16-20(23)22(21(2,3)4)15-17-11-7-6-8-12-17/h6-14H,5,15-16H2,1-4H3. The lowest BCUT2D eigenvalue weighted by Gasteiger charge is -2.36. The van der Waals surface area contributed by atoms with Crippen molar-refractivity contribution in [3.8, 4) is 11.5 Å². The normalized spacial score (nSPS) is 11.0. The molecule has 0 saturated heterocycles. The second-order valence-corrected chi connectivity index (χ2v) is 6.80. The predicted octanol–water partition coefficient (Wildman–Crippen LogP) is 4.29. The lowest BCUT2D eigenvalue weighted by molar-refractivity contribution is -0.139. The van der Waals surface area contributed by atoms with Crippen LogP contribution >= 0.6 is 0 Å². The zero-order chi connectivity index (χ0) is 18.3. The highest BCUT2D eigenvalue weighted by atomic mass is 16.5. The van der Waals surface area contributed by atoms with Gasteiger partial charge in [-0.3, -0.25) is 4.79 Å². The highest BCUT2D eigenvalue weighted by Crippen LogP contribution is 2.26. The van der Waals surface area contributed by atoms with Crippen molar-refractivity contribution in [1.82, 2.24) is 4.90 Å². The molecular weight excluding hydrogens is 314 g/mol. The number of carbonyl (C=O) groups is 1. The fraction of sp³-hybridized carbons (Fsp3) is 0.381. The van der Waals surface area contributed by atoms with E-state index in [1.807, 2.05) is 87.2 Å². The number of amides is 1. The summed E-state index contributed by atoms with van der Waals surface area (Å²) in [6, 6.07) is 17.4. The number of rotatable bonds is 7. The van der Waals surface area contributed by atoms with Crippen LogP contribution in [-0.2, 0) is 11.3 Å². The Labute approximate surface area is 150 Å². The smallest absolute Gasteiger partial charge is 0.261 e. The lowest BCUT2D eigenvalue weighted by atomic mass is 10.0. The predicted molar refractivity (Wildman–Crippen MR) is 99.9 cm³/mol. The number of carbonyl (C=O) groups excluding carboxylic acids is 1. The maximum absolute atomic E-state index is 12.8. The molecule has 0 aliphatic rings. The molecule has 134 valence electrons. The molecule has 25 heavy (non-hydrogen) atoms. The summed E-state index contributed by atoms with van der Waals surface area (Å²) in [6.07, 6.45) is 0. The van der Waals surface area contributed by atoms with Gasteiger partial charge in [0, 0.05) is 12.1 Å². The summed E-state index contributed by atoms with van der Waals surface area (Å²) in [5, 5.41) is 0. The van der Waals surface area contributed by atoms with Crippen LogP contribution in [0.3, 0.4) is 0 Å². The van der Waals surface area contributed by atoms with Crippen LogP contribution in [0.1, 0.15) is 33.3 Å². The molecule has 4 heteroatoms. The minimum Gasteiger partial charge on any atom is -0.490 e. The molecule has 0 aliphatic heterocycles. The van der Waals surface area contributed by atoms with Gasteiger partial charge < -0.3 is 14.4 Å². The van der Waals surface area contributed by atoms with Gasteiger partial charge in [0.1, 0.15) is 0 Å². The van der Waals surface area contributed by atoms with Crippen molar-refractivity contribution in [2.45, 2.75) is 39.8 Å². The number of para-hydroxylation sites is 2. The zero-order valence-corrected chi connectivity index (χ0v) is 15.5. The second kappa shape index (κ2) is 8.56. The molecule has 0 fully saturated rings. The van der Waals surface area contributed by atoms with Crippen molar-refractivity contribution in [3.63, 3.8) is 0 Å². The van der Waals surface area contributed by atoms with Crippen molar-refractivity contribution in [1.29, 1.82) is 0 Å². The largest absolute Gasteiger partial charge is 0.490 e. The van der Waals surface area contributed by atoms with Crippen LogP contribution in [0.5, 0.6) is 11.5 Å². The Hall–Kier alpha value is -2.49. The third kappa shape index (κ3) is 5.52. The molecule has 0 spiro atoms. The number of nitrogens with zero attached hydrogens (tertiary/aromatic N) is 1.